The molecule has 11 heteroatoms. The summed E-state index contributed by atoms with van der Waals surface area (Å²) < 4.78 is 64.1. The number of fused-ring (bicyclic) bond motifs is 1. The van der Waals surface area contributed by atoms with Gasteiger partial charge < -0.3 is 10.2 Å². The standard InChI is InChI=1S/C21H26F3N3O3S2/c1-12-8-13(27-7-6-14-15(11-27)31-19(25-14)21(22,23)24)9-16(32(5,29)30)18(12)26-17(28)10-20(2,3)4/h8-9H,6-7,10-11H2,1-5H3,(H,26,28). The summed E-state index contributed by atoms with van der Waals surface area (Å²) >= 11 is 0.618. The van der Waals surface area contributed by atoms with Gasteiger partial charge in [-0.05, 0) is 30.0 Å². The number of hydrogen-bond donors (Lipinski definition) is 1. The van der Waals surface area contributed by atoms with E-state index in [9.17, 15) is 26.4 Å². The van der Waals surface area contributed by atoms with Gasteiger partial charge in [0.05, 0.1) is 22.8 Å². The fourth-order valence-corrected chi connectivity index (χ4v) is 5.48. The van der Waals surface area contributed by atoms with Crippen molar-refractivity contribution in [2.24, 2.45) is 5.41 Å². The average Bonchev–Trinajstić information content (AvgIpc) is 3.04. The summed E-state index contributed by atoms with van der Waals surface area (Å²) in [5.74, 6) is -0.287. The van der Waals surface area contributed by atoms with Gasteiger partial charge in [0.15, 0.2) is 14.8 Å². The van der Waals surface area contributed by atoms with E-state index in [1.54, 1.807) is 13.0 Å². The van der Waals surface area contributed by atoms with Gasteiger partial charge >= 0.3 is 6.18 Å². The minimum atomic E-state index is -4.49. The van der Waals surface area contributed by atoms with E-state index in [4.69, 9.17) is 0 Å². The van der Waals surface area contributed by atoms with Gasteiger partial charge in [0, 0.05) is 36.2 Å². The molecule has 1 aliphatic heterocycles. The lowest BCUT2D eigenvalue weighted by atomic mass is 9.92. The van der Waals surface area contributed by atoms with Crippen molar-refractivity contribution in [3.63, 3.8) is 0 Å². The summed E-state index contributed by atoms with van der Waals surface area (Å²) in [7, 11) is -3.68. The van der Waals surface area contributed by atoms with Crippen LogP contribution in [0.3, 0.4) is 0 Å². The summed E-state index contributed by atoms with van der Waals surface area (Å²) in [6, 6.07) is 3.23. The number of amides is 1. The van der Waals surface area contributed by atoms with Crippen LogP contribution in [0.15, 0.2) is 17.0 Å². The number of carbonyl (C=O) groups is 1. The first-order valence-corrected chi connectivity index (χ1v) is 12.7. The smallest absolute Gasteiger partial charge is 0.366 e. The first-order valence-electron chi connectivity index (χ1n) is 10.00. The molecular formula is C21H26F3N3O3S2. The first-order chi connectivity index (χ1) is 14.5. The Balaban J connectivity index is 1.95. The lowest BCUT2D eigenvalue weighted by Crippen LogP contribution is -2.30. The minimum Gasteiger partial charge on any atom is -0.366 e. The maximum absolute atomic E-state index is 13.0. The van der Waals surface area contributed by atoms with Crippen LogP contribution in [0.2, 0.25) is 0 Å². The second-order valence-corrected chi connectivity index (χ2v) is 12.3. The van der Waals surface area contributed by atoms with Gasteiger partial charge in [-0.3, -0.25) is 4.79 Å². The van der Waals surface area contributed by atoms with Crippen molar-refractivity contribution >= 4 is 38.5 Å². The Hall–Kier alpha value is -2.14. The Morgan fingerprint density at radius 1 is 1.25 bits per heavy atom. The molecule has 1 aliphatic rings. The van der Waals surface area contributed by atoms with Crippen molar-refractivity contribution in [1.29, 1.82) is 0 Å². The first kappa shape index (κ1) is 24.5. The monoisotopic (exact) mass is 489 g/mol. The molecule has 0 aliphatic carbocycles. The predicted molar refractivity (Wildman–Crippen MR) is 119 cm³/mol. The Labute approximate surface area is 189 Å². The van der Waals surface area contributed by atoms with Crippen molar-refractivity contribution in [3.05, 3.63) is 33.3 Å². The molecule has 1 amide bonds. The van der Waals surface area contributed by atoms with E-state index in [0.29, 0.717) is 46.1 Å². The number of hydrogen-bond acceptors (Lipinski definition) is 6. The van der Waals surface area contributed by atoms with Crippen LogP contribution in [0, 0.1) is 12.3 Å². The molecule has 2 aromatic rings. The van der Waals surface area contributed by atoms with Crippen LogP contribution in [0.25, 0.3) is 0 Å². The molecule has 0 fully saturated rings. The molecule has 1 aromatic heterocycles. The third-order valence-corrected chi connectivity index (χ3v) is 7.23. The van der Waals surface area contributed by atoms with Crippen molar-refractivity contribution in [2.75, 3.05) is 23.0 Å². The van der Waals surface area contributed by atoms with Crippen molar-refractivity contribution in [2.45, 2.75) is 58.2 Å². The number of alkyl halides is 3. The zero-order valence-electron chi connectivity index (χ0n) is 18.6. The number of sulfone groups is 1. The lowest BCUT2D eigenvalue weighted by Gasteiger charge is -2.29. The molecule has 0 bridgehead atoms. The fraction of sp³-hybridized carbons (Fsp3) is 0.524. The van der Waals surface area contributed by atoms with Crippen molar-refractivity contribution < 1.29 is 26.4 Å². The third-order valence-electron chi connectivity index (χ3n) is 4.98. The van der Waals surface area contributed by atoms with Crippen LogP contribution >= 0.6 is 11.3 Å². The molecule has 32 heavy (non-hydrogen) atoms. The molecule has 0 saturated carbocycles. The second-order valence-electron chi connectivity index (χ2n) is 9.25. The number of thiazole rings is 1. The van der Waals surface area contributed by atoms with Crippen LogP contribution in [-0.4, -0.2) is 32.1 Å². The number of aromatic nitrogens is 1. The Morgan fingerprint density at radius 2 is 1.91 bits per heavy atom. The number of rotatable bonds is 4. The van der Waals surface area contributed by atoms with Crippen LogP contribution in [0.4, 0.5) is 24.5 Å². The van der Waals surface area contributed by atoms with E-state index < -0.39 is 21.0 Å². The summed E-state index contributed by atoms with van der Waals surface area (Å²) in [6.45, 7) is 8.05. The Kier molecular flexibility index (Phi) is 6.38. The van der Waals surface area contributed by atoms with E-state index in [-0.39, 0.29) is 34.9 Å². The highest BCUT2D eigenvalue weighted by atomic mass is 32.2. The van der Waals surface area contributed by atoms with Crippen LogP contribution < -0.4 is 10.2 Å². The maximum Gasteiger partial charge on any atom is 0.443 e. The number of benzene rings is 1. The molecule has 0 spiro atoms. The van der Waals surface area contributed by atoms with E-state index in [1.165, 1.54) is 6.07 Å². The van der Waals surface area contributed by atoms with Gasteiger partial charge in [-0.15, -0.1) is 11.3 Å². The van der Waals surface area contributed by atoms with Gasteiger partial charge in [0.1, 0.15) is 0 Å². The molecule has 0 unspecified atom stereocenters. The number of halogens is 3. The van der Waals surface area contributed by atoms with Gasteiger partial charge in [-0.25, -0.2) is 13.4 Å². The largest absolute Gasteiger partial charge is 0.443 e. The van der Waals surface area contributed by atoms with E-state index in [0.717, 1.165) is 6.26 Å². The normalized spacial score (nSPS) is 14.9. The molecule has 1 N–H and O–H groups in total. The average molecular weight is 490 g/mol. The molecule has 6 nitrogen and oxygen atoms in total. The molecule has 2 heterocycles. The van der Waals surface area contributed by atoms with E-state index in [1.807, 2.05) is 25.7 Å². The highest BCUT2D eigenvalue weighted by molar-refractivity contribution is 7.90. The Morgan fingerprint density at radius 3 is 2.47 bits per heavy atom. The quantitative estimate of drug-likeness (QED) is 0.667. The predicted octanol–water partition coefficient (Wildman–Crippen LogP) is 4.81. The van der Waals surface area contributed by atoms with E-state index >= 15 is 0 Å². The molecule has 1 aromatic carbocycles. The van der Waals surface area contributed by atoms with Crippen LogP contribution in [0.1, 0.15) is 48.3 Å². The zero-order valence-corrected chi connectivity index (χ0v) is 20.2. The molecule has 0 radical (unpaired) electrons. The Bertz CT molecular complexity index is 1150. The van der Waals surface area contributed by atoms with Gasteiger partial charge in [-0.2, -0.15) is 13.2 Å². The molecular weight excluding hydrogens is 463 g/mol. The topological polar surface area (TPSA) is 79.4 Å². The number of anilines is 2. The highest BCUT2D eigenvalue weighted by Crippen LogP contribution is 2.38. The summed E-state index contributed by atoms with van der Waals surface area (Å²) in [5, 5.41) is 1.87. The van der Waals surface area contributed by atoms with E-state index in [2.05, 4.69) is 10.3 Å². The van der Waals surface area contributed by atoms with Gasteiger partial charge in [0.2, 0.25) is 5.91 Å². The summed E-state index contributed by atoms with van der Waals surface area (Å²) in [6.07, 6.45) is -2.86. The van der Waals surface area contributed by atoms with Gasteiger partial charge in [0.25, 0.3) is 0 Å². The highest BCUT2D eigenvalue weighted by Gasteiger charge is 2.37. The maximum atomic E-state index is 13.0. The number of aryl methyl sites for hydroxylation is 1. The molecule has 3 rings (SSSR count). The lowest BCUT2D eigenvalue weighted by molar-refractivity contribution is -0.137. The minimum absolute atomic E-state index is 0.0131. The molecule has 0 saturated heterocycles. The molecule has 0 atom stereocenters. The van der Waals surface area contributed by atoms with Crippen LogP contribution in [-0.2, 0) is 33.8 Å². The molecule has 176 valence electrons. The fourth-order valence-electron chi connectivity index (χ4n) is 3.57. The van der Waals surface area contributed by atoms with Crippen molar-refractivity contribution in [3.8, 4) is 0 Å². The summed E-state index contributed by atoms with van der Waals surface area (Å²) in [4.78, 5) is 18.5. The van der Waals surface area contributed by atoms with Crippen LogP contribution in [0.5, 0.6) is 0 Å². The SMILES string of the molecule is Cc1cc(N2CCc3nc(C(F)(F)F)sc3C2)cc(S(C)(=O)=O)c1NC(=O)CC(C)(C)C. The summed E-state index contributed by atoms with van der Waals surface area (Å²) in [5.41, 5.74) is 1.55. The number of carbonyl (C=O) groups excluding carboxylic acids is 1. The third kappa shape index (κ3) is 5.61. The van der Waals surface area contributed by atoms with Crippen molar-refractivity contribution in [1.82, 2.24) is 4.98 Å². The number of nitrogens with zero attached hydrogens (tertiary/aromatic N) is 2. The van der Waals surface area contributed by atoms with Gasteiger partial charge in [-0.1, -0.05) is 20.8 Å². The second kappa shape index (κ2) is 8.33. The number of nitrogens with one attached hydrogen (secondary N) is 1. The zero-order chi connectivity index (χ0) is 24.1.